The normalized spacial score (nSPS) is 12.9. The molecular formula is C26H19FN4O4. The van der Waals surface area contributed by atoms with Crippen molar-refractivity contribution in [2.75, 3.05) is 0 Å². The summed E-state index contributed by atoms with van der Waals surface area (Å²) >= 11 is 0. The number of carboxylic acids is 1. The van der Waals surface area contributed by atoms with E-state index in [1.807, 2.05) is 12.1 Å². The third-order valence-corrected chi connectivity index (χ3v) is 6.70. The summed E-state index contributed by atoms with van der Waals surface area (Å²) in [5, 5.41) is 11.1. The fraction of sp³-hybridized carbons (Fsp3) is 0.154. The van der Waals surface area contributed by atoms with E-state index >= 15 is 4.39 Å². The van der Waals surface area contributed by atoms with Crippen LogP contribution in [0.1, 0.15) is 33.6 Å². The number of aromatic carboxylic acids is 1. The number of nitrogens with one attached hydrogen (secondary N) is 2. The van der Waals surface area contributed by atoms with Crippen molar-refractivity contribution >= 4 is 27.8 Å². The summed E-state index contributed by atoms with van der Waals surface area (Å²) in [7, 11) is 0. The van der Waals surface area contributed by atoms with Gasteiger partial charge >= 0.3 is 5.97 Å². The predicted octanol–water partition coefficient (Wildman–Crippen LogP) is 3.61. The minimum Gasteiger partial charge on any atom is -0.477 e. The highest BCUT2D eigenvalue weighted by Gasteiger charge is 2.27. The summed E-state index contributed by atoms with van der Waals surface area (Å²) in [5.41, 5.74) is 2.77. The summed E-state index contributed by atoms with van der Waals surface area (Å²) in [4.78, 5) is 46.7. The lowest BCUT2D eigenvalue weighted by atomic mass is 10.00. The minimum absolute atomic E-state index is 0.111. The van der Waals surface area contributed by atoms with E-state index in [2.05, 4.69) is 15.0 Å². The molecule has 0 unspecified atom stereocenters. The van der Waals surface area contributed by atoms with Gasteiger partial charge < -0.3 is 19.6 Å². The van der Waals surface area contributed by atoms with Gasteiger partial charge in [-0.15, -0.1) is 0 Å². The number of carbonyl (C=O) groups is 1. The van der Waals surface area contributed by atoms with Crippen LogP contribution in [0.15, 0.2) is 58.5 Å². The Morgan fingerprint density at radius 3 is 2.63 bits per heavy atom. The van der Waals surface area contributed by atoms with Crippen LogP contribution in [0, 0.1) is 5.82 Å². The molecule has 0 fully saturated rings. The molecule has 8 nitrogen and oxygen atoms in total. The molecule has 5 aromatic rings. The van der Waals surface area contributed by atoms with E-state index in [0.29, 0.717) is 16.5 Å². The molecule has 0 radical (unpaired) electrons. The van der Waals surface area contributed by atoms with Gasteiger partial charge in [0.25, 0.3) is 11.1 Å². The average molecular weight is 470 g/mol. The quantitative estimate of drug-likeness (QED) is 0.371. The molecule has 0 saturated carbocycles. The lowest BCUT2D eigenvalue weighted by molar-refractivity contribution is 0.0687. The first kappa shape index (κ1) is 21.0. The number of aromatic amines is 2. The number of halogens is 1. The molecule has 2 aromatic carbocycles. The maximum Gasteiger partial charge on any atom is 0.353 e. The Morgan fingerprint density at radius 2 is 1.86 bits per heavy atom. The van der Waals surface area contributed by atoms with E-state index in [9.17, 15) is 19.5 Å². The zero-order chi connectivity index (χ0) is 24.3. The maximum atomic E-state index is 15.1. The Labute approximate surface area is 196 Å². The number of hydrogen-bond donors (Lipinski definition) is 3. The lowest BCUT2D eigenvalue weighted by Crippen LogP contribution is -2.14. The zero-order valence-corrected chi connectivity index (χ0v) is 18.4. The molecule has 0 amide bonds. The Morgan fingerprint density at radius 1 is 1.06 bits per heavy atom. The highest BCUT2D eigenvalue weighted by molar-refractivity contribution is 6.08. The molecule has 0 atom stereocenters. The third-order valence-electron chi connectivity index (χ3n) is 6.70. The summed E-state index contributed by atoms with van der Waals surface area (Å²) in [6, 6.07) is 9.69. The Balaban J connectivity index is 1.67. The van der Waals surface area contributed by atoms with Crippen LogP contribution in [0.3, 0.4) is 0 Å². The second-order valence-electron chi connectivity index (χ2n) is 8.71. The molecule has 0 spiro atoms. The summed E-state index contributed by atoms with van der Waals surface area (Å²) in [6.07, 6.45) is 5.42. The molecule has 9 heteroatoms. The van der Waals surface area contributed by atoms with E-state index in [0.717, 1.165) is 30.4 Å². The number of aryl methyl sites for hydroxylation is 2. The van der Waals surface area contributed by atoms with Gasteiger partial charge in [-0.05, 0) is 60.7 Å². The highest BCUT2D eigenvalue weighted by atomic mass is 19.1. The number of fused-ring (bicyclic) bond motifs is 3. The topological polar surface area (TPSA) is 121 Å². The number of pyridine rings is 1. The zero-order valence-electron chi connectivity index (χ0n) is 18.4. The monoisotopic (exact) mass is 470 g/mol. The van der Waals surface area contributed by atoms with Crippen LogP contribution in [0.5, 0.6) is 0 Å². The molecule has 1 aliphatic carbocycles. The molecule has 3 aromatic heterocycles. The van der Waals surface area contributed by atoms with Crippen LogP contribution in [-0.4, -0.2) is 30.6 Å². The van der Waals surface area contributed by atoms with Gasteiger partial charge in [0.2, 0.25) is 0 Å². The van der Waals surface area contributed by atoms with Gasteiger partial charge in [-0.3, -0.25) is 9.59 Å². The molecule has 1 aliphatic rings. The van der Waals surface area contributed by atoms with Crippen molar-refractivity contribution < 1.29 is 14.3 Å². The van der Waals surface area contributed by atoms with Gasteiger partial charge in [-0.25, -0.2) is 14.2 Å². The van der Waals surface area contributed by atoms with Gasteiger partial charge in [0, 0.05) is 39.9 Å². The van der Waals surface area contributed by atoms with E-state index in [1.54, 1.807) is 12.1 Å². The Kier molecular flexibility index (Phi) is 4.67. The molecule has 174 valence electrons. The van der Waals surface area contributed by atoms with Gasteiger partial charge in [0.05, 0.1) is 23.8 Å². The van der Waals surface area contributed by atoms with Crippen molar-refractivity contribution in [2.45, 2.75) is 25.8 Å². The van der Waals surface area contributed by atoms with Crippen LogP contribution in [0.25, 0.3) is 32.9 Å². The first-order valence-electron chi connectivity index (χ1n) is 11.2. The van der Waals surface area contributed by atoms with E-state index in [1.165, 1.54) is 29.2 Å². The number of hydrogen-bond acceptors (Lipinski definition) is 4. The Hall–Kier alpha value is -4.53. The van der Waals surface area contributed by atoms with Crippen LogP contribution in [-0.2, 0) is 19.4 Å². The fourth-order valence-electron chi connectivity index (χ4n) is 5.12. The van der Waals surface area contributed by atoms with E-state index in [-0.39, 0.29) is 34.3 Å². The second kappa shape index (κ2) is 7.76. The van der Waals surface area contributed by atoms with Crippen molar-refractivity contribution in [2.24, 2.45) is 0 Å². The third kappa shape index (κ3) is 3.27. The molecule has 0 saturated heterocycles. The molecule has 6 rings (SSSR count). The summed E-state index contributed by atoms with van der Waals surface area (Å²) in [6.45, 7) is -0.141. The standard InChI is InChI=1S/C26H19FN4O4/c27-19-10-20-17(25(33)30-12-29-20)8-15(19)11-31-21-9-14-4-1-3-13(14)7-18(21)22(23(31)26(34)35)16-5-2-6-28-24(16)32/h2,5-10,12H,1,3-4,11H2,(H,28,32)(H,34,35)(H,29,30,33). The predicted molar refractivity (Wildman–Crippen MR) is 128 cm³/mol. The van der Waals surface area contributed by atoms with Crippen LogP contribution in [0.4, 0.5) is 4.39 Å². The molecular weight excluding hydrogens is 451 g/mol. The maximum absolute atomic E-state index is 15.1. The summed E-state index contributed by atoms with van der Waals surface area (Å²) in [5.74, 6) is -1.84. The fourth-order valence-corrected chi connectivity index (χ4v) is 5.12. The van der Waals surface area contributed by atoms with E-state index in [4.69, 9.17) is 0 Å². The van der Waals surface area contributed by atoms with E-state index < -0.39 is 22.9 Å². The largest absolute Gasteiger partial charge is 0.477 e. The van der Waals surface area contributed by atoms with Gasteiger partial charge in [-0.1, -0.05) is 0 Å². The number of nitrogens with zero attached hydrogens (tertiary/aromatic N) is 2. The number of H-pyrrole nitrogens is 2. The highest BCUT2D eigenvalue weighted by Crippen LogP contribution is 2.38. The molecule has 3 heterocycles. The van der Waals surface area contributed by atoms with Crippen molar-refractivity contribution in [3.8, 4) is 11.1 Å². The van der Waals surface area contributed by atoms with Crippen molar-refractivity contribution in [1.29, 1.82) is 0 Å². The van der Waals surface area contributed by atoms with Gasteiger partial charge in [-0.2, -0.15) is 0 Å². The molecule has 0 aliphatic heterocycles. The van der Waals surface area contributed by atoms with Gasteiger partial charge in [0.15, 0.2) is 0 Å². The van der Waals surface area contributed by atoms with Crippen LogP contribution >= 0.6 is 0 Å². The van der Waals surface area contributed by atoms with Crippen molar-refractivity contribution in [1.82, 2.24) is 19.5 Å². The number of rotatable bonds is 4. The number of aromatic nitrogens is 4. The minimum atomic E-state index is -1.24. The average Bonchev–Trinajstić information content (AvgIpc) is 3.41. The molecule has 35 heavy (non-hydrogen) atoms. The molecule has 3 N–H and O–H groups in total. The summed E-state index contributed by atoms with van der Waals surface area (Å²) < 4.78 is 16.6. The molecule has 0 bridgehead atoms. The lowest BCUT2D eigenvalue weighted by Gasteiger charge is -2.11. The SMILES string of the molecule is O=C(O)c1c(-c2ccc[nH]c2=O)c2cc3c(cc2n1Cc1cc2c(=O)[nH]cnc2cc1F)CCC3. The van der Waals surface area contributed by atoms with Crippen molar-refractivity contribution in [3.63, 3.8) is 0 Å². The first-order valence-corrected chi connectivity index (χ1v) is 11.2. The van der Waals surface area contributed by atoms with Crippen LogP contribution in [0.2, 0.25) is 0 Å². The number of carboxylic acid groups (broad SMARTS) is 1. The second-order valence-corrected chi connectivity index (χ2v) is 8.71. The Bertz CT molecular complexity index is 1800. The number of benzene rings is 2. The van der Waals surface area contributed by atoms with Crippen molar-refractivity contribution in [3.05, 3.63) is 97.8 Å². The van der Waals surface area contributed by atoms with Crippen LogP contribution < -0.4 is 11.1 Å². The smallest absolute Gasteiger partial charge is 0.353 e. The van der Waals surface area contributed by atoms with Gasteiger partial charge in [0.1, 0.15) is 11.5 Å². The first-order chi connectivity index (χ1) is 16.9.